The number of hydrogen-bond acceptors (Lipinski definition) is 10. The Kier molecular flexibility index (Phi) is 13.8. The second-order valence-electron chi connectivity index (χ2n) is 11.8. The van der Waals surface area contributed by atoms with Crippen molar-refractivity contribution in [3.63, 3.8) is 0 Å². The first kappa shape index (κ1) is 35.6. The predicted octanol–water partition coefficient (Wildman–Crippen LogP) is 4.41. The fourth-order valence-electron chi connectivity index (χ4n) is 4.26. The van der Waals surface area contributed by atoms with Gasteiger partial charge < -0.3 is 24.5 Å². The molecule has 2 aromatic rings. The van der Waals surface area contributed by atoms with Crippen molar-refractivity contribution in [2.75, 3.05) is 18.7 Å². The quantitative estimate of drug-likeness (QED) is 0.116. The SMILES string of the molecule is CCCCCCOC(=O)C(C)(C)N[P@@](=O)(CO[C@H](C)Cn1cnc2c(N)ncnc21)N[C@@H](CC(=O)OC(C)C)C(C)C. The summed E-state index contributed by atoms with van der Waals surface area (Å²) >= 11 is 0. The first-order chi connectivity index (χ1) is 19.7. The van der Waals surface area contributed by atoms with Crippen LogP contribution in [-0.4, -0.2) is 68.2 Å². The number of hydrogen-bond donors (Lipinski definition) is 3. The van der Waals surface area contributed by atoms with Crippen molar-refractivity contribution < 1.29 is 28.4 Å². The van der Waals surface area contributed by atoms with E-state index in [1.54, 1.807) is 38.6 Å². The van der Waals surface area contributed by atoms with Gasteiger partial charge in [-0.3, -0.25) is 14.2 Å². The summed E-state index contributed by atoms with van der Waals surface area (Å²) in [6.45, 7) is 15.2. The van der Waals surface area contributed by atoms with E-state index in [4.69, 9.17) is 19.9 Å². The number of esters is 2. The minimum atomic E-state index is -3.65. The highest BCUT2D eigenvalue weighted by Crippen LogP contribution is 2.41. The highest BCUT2D eigenvalue weighted by molar-refractivity contribution is 7.59. The standard InChI is InChI=1S/C28H50N7O6P/c1-9-10-11-12-13-39-27(37)28(7,8)34-42(38,33-22(19(2)3)14-23(36)41-20(4)5)18-40-21(6)15-35-17-32-24-25(29)30-16-31-26(24)35/h16-17,19-22H,9-15,18H2,1-8H3,(H2,29,30,31)(H2,33,34,38)/t21-,22+,42-/m1/s1. The molecule has 2 aromatic heterocycles. The second-order valence-corrected chi connectivity index (χ2v) is 14.0. The zero-order valence-corrected chi connectivity index (χ0v) is 27.3. The molecule has 0 saturated carbocycles. The molecule has 0 unspecified atom stereocenters. The van der Waals surface area contributed by atoms with Gasteiger partial charge in [0.1, 0.15) is 23.7 Å². The van der Waals surface area contributed by atoms with Crippen LogP contribution in [-0.2, 0) is 34.9 Å². The normalized spacial score (nSPS) is 15.1. The summed E-state index contributed by atoms with van der Waals surface area (Å²) in [5.41, 5.74) is 5.65. The number of nitrogens with zero attached hydrogens (tertiary/aromatic N) is 4. The molecule has 2 rings (SSSR count). The number of carbonyl (C=O) groups excluding carboxylic acids is 2. The van der Waals surface area contributed by atoms with Crippen molar-refractivity contribution >= 4 is 36.4 Å². The fourth-order valence-corrected chi connectivity index (χ4v) is 6.84. The minimum absolute atomic E-state index is 0.00151. The molecule has 13 nitrogen and oxygen atoms in total. The van der Waals surface area contributed by atoms with Crippen LogP contribution in [0.2, 0.25) is 0 Å². The molecule has 0 fully saturated rings. The Morgan fingerprint density at radius 3 is 2.45 bits per heavy atom. The minimum Gasteiger partial charge on any atom is -0.464 e. The number of rotatable bonds is 19. The molecule has 0 aliphatic carbocycles. The van der Waals surface area contributed by atoms with Crippen molar-refractivity contribution in [2.24, 2.45) is 5.92 Å². The van der Waals surface area contributed by atoms with Gasteiger partial charge in [0.2, 0.25) is 7.44 Å². The van der Waals surface area contributed by atoms with Crippen LogP contribution in [0, 0.1) is 5.92 Å². The number of nitrogens with one attached hydrogen (secondary N) is 2. The van der Waals surface area contributed by atoms with Gasteiger partial charge in [0.15, 0.2) is 11.5 Å². The van der Waals surface area contributed by atoms with Gasteiger partial charge in [-0.25, -0.2) is 25.1 Å². The summed E-state index contributed by atoms with van der Waals surface area (Å²) in [6.07, 6.45) is 5.89. The number of nitrogens with two attached hydrogens (primary N) is 1. The van der Waals surface area contributed by atoms with Gasteiger partial charge in [0, 0.05) is 6.04 Å². The first-order valence-corrected chi connectivity index (χ1v) is 16.6. The number of ether oxygens (including phenoxy) is 3. The Bertz CT molecular complexity index is 1200. The Labute approximate surface area is 249 Å². The third kappa shape index (κ3) is 11.2. The molecule has 4 N–H and O–H groups in total. The lowest BCUT2D eigenvalue weighted by Crippen LogP contribution is -2.50. The molecule has 14 heteroatoms. The molecule has 0 aromatic carbocycles. The number of imidazole rings is 1. The molecule has 42 heavy (non-hydrogen) atoms. The van der Waals surface area contributed by atoms with E-state index in [9.17, 15) is 14.2 Å². The maximum absolute atomic E-state index is 14.5. The first-order valence-electron chi connectivity index (χ1n) is 14.7. The molecule has 2 heterocycles. The lowest BCUT2D eigenvalue weighted by Gasteiger charge is -2.34. The predicted molar refractivity (Wildman–Crippen MR) is 163 cm³/mol. The third-order valence-corrected chi connectivity index (χ3v) is 8.74. The summed E-state index contributed by atoms with van der Waals surface area (Å²) in [5.74, 6) is -0.721. The van der Waals surface area contributed by atoms with Gasteiger partial charge in [-0.05, 0) is 47.0 Å². The summed E-state index contributed by atoms with van der Waals surface area (Å²) in [5, 5.41) is 6.14. The summed E-state index contributed by atoms with van der Waals surface area (Å²) in [7, 11) is -3.65. The van der Waals surface area contributed by atoms with Gasteiger partial charge in [-0.15, -0.1) is 0 Å². The lowest BCUT2D eigenvalue weighted by atomic mass is 10.0. The second kappa shape index (κ2) is 16.3. The van der Waals surface area contributed by atoms with Gasteiger partial charge in [0.25, 0.3) is 0 Å². The zero-order chi connectivity index (χ0) is 31.5. The van der Waals surface area contributed by atoms with Crippen molar-refractivity contribution in [1.82, 2.24) is 29.7 Å². The number of carbonyl (C=O) groups is 2. The topological polar surface area (TPSA) is 173 Å². The maximum Gasteiger partial charge on any atom is 0.326 e. The molecule has 0 aliphatic heterocycles. The van der Waals surface area contributed by atoms with Crippen LogP contribution in [0.1, 0.15) is 87.5 Å². The van der Waals surface area contributed by atoms with Gasteiger partial charge >= 0.3 is 11.9 Å². The van der Waals surface area contributed by atoms with E-state index in [1.165, 1.54) is 6.33 Å². The van der Waals surface area contributed by atoms with Crippen LogP contribution < -0.4 is 15.9 Å². The number of nitrogen functional groups attached to an aromatic ring is 1. The number of aromatic nitrogens is 4. The molecule has 0 bridgehead atoms. The van der Waals surface area contributed by atoms with Crippen LogP contribution in [0.3, 0.4) is 0 Å². The lowest BCUT2D eigenvalue weighted by molar-refractivity contribution is -0.150. The number of anilines is 1. The van der Waals surface area contributed by atoms with Gasteiger partial charge in [0.05, 0.1) is 38.1 Å². The number of unbranched alkanes of at least 4 members (excludes halogenated alkanes) is 3. The van der Waals surface area contributed by atoms with E-state index in [2.05, 4.69) is 32.1 Å². The monoisotopic (exact) mass is 611 g/mol. The Morgan fingerprint density at radius 1 is 1.10 bits per heavy atom. The van der Waals surface area contributed by atoms with Crippen LogP contribution >= 0.6 is 7.44 Å². The average Bonchev–Trinajstić information content (AvgIpc) is 3.30. The Morgan fingerprint density at radius 2 is 1.81 bits per heavy atom. The van der Waals surface area contributed by atoms with Gasteiger partial charge in [-0.1, -0.05) is 40.0 Å². The van der Waals surface area contributed by atoms with Crippen LogP contribution in [0.4, 0.5) is 5.82 Å². The van der Waals surface area contributed by atoms with E-state index in [1.807, 2.05) is 20.8 Å². The molecule has 3 atom stereocenters. The smallest absolute Gasteiger partial charge is 0.326 e. The molecule has 0 aliphatic rings. The van der Waals surface area contributed by atoms with Crippen molar-refractivity contribution in [3.8, 4) is 0 Å². The summed E-state index contributed by atoms with van der Waals surface area (Å²) < 4.78 is 33.2. The highest BCUT2D eigenvalue weighted by atomic mass is 31.2. The van der Waals surface area contributed by atoms with Crippen molar-refractivity contribution in [3.05, 3.63) is 12.7 Å². The van der Waals surface area contributed by atoms with Crippen LogP contribution in [0.25, 0.3) is 11.2 Å². The molecule has 0 saturated heterocycles. The van der Waals surface area contributed by atoms with E-state index >= 15 is 0 Å². The molecular weight excluding hydrogens is 561 g/mol. The molecule has 0 amide bonds. The van der Waals surface area contributed by atoms with Crippen molar-refractivity contribution in [2.45, 2.75) is 118 Å². The van der Waals surface area contributed by atoms with E-state index in [0.717, 1.165) is 25.7 Å². The van der Waals surface area contributed by atoms with E-state index < -0.39 is 37.1 Å². The summed E-state index contributed by atoms with van der Waals surface area (Å²) in [4.78, 5) is 38.0. The molecule has 238 valence electrons. The van der Waals surface area contributed by atoms with Crippen LogP contribution in [0.15, 0.2) is 12.7 Å². The zero-order valence-electron chi connectivity index (χ0n) is 26.4. The van der Waals surface area contributed by atoms with Crippen molar-refractivity contribution in [1.29, 1.82) is 0 Å². The Balaban J connectivity index is 2.20. The largest absolute Gasteiger partial charge is 0.464 e. The average molecular weight is 612 g/mol. The van der Waals surface area contributed by atoms with E-state index in [0.29, 0.717) is 17.7 Å². The third-order valence-electron chi connectivity index (χ3n) is 6.56. The number of fused-ring (bicyclic) bond motifs is 1. The Hall–Kier alpha value is -2.60. The van der Waals surface area contributed by atoms with Gasteiger partial charge in [-0.2, -0.15) is 0 Å². The fraction of sp³-hybridized carbons (Fsp3) is 0.750. The molecule has 0 radical (unpaired) electrons. The molecular formula is C28H50N7O6P. The van der Waals surface area contributed by atoms with E-state index in [-0.39, 0.29) is 37.2 Å². The van der Waals surface area contributed by atoms with Crippen LogP contribution in [0.5, 0.6) is 0 Å². The molecule has 0 spiro atoms. The summed E-state index contributed by atoms with van der Waals surface area (Å²) in [6, 6.07) is -0.508. The highest BCUT2D eigenvalue weighted by Gasteiger charge is 2.39. The maximum atomic E-state index is 14.5.